The number of carbonyl (C=O) groups is 1. The lowest BCUT2D eigenvalue weighted by Crippen LogP contribution is -2.36. The van der Waals surface area contributed by atoms with E-state index < -0.39 is 0 Å². The SMILES string of the molecule is Cc1csc(NCCC(=O)N2CCCCC2)n1. The third-order valence-corrected chi connectivity index (χ3v) is 3.86. The minimum atomic E-state index is 0.269. The molecule has 0 unspecified atom stereocenters. The molecule has 1 N–H and O–H groups in total. The van der Waals surface area contributed by atoms with Crippen molar-refractivity contribution in [1.29, 1.82) is 0 Å². The summed E-state index contributed by atoms with van der Waals surface area (Å²) >= 11 is 1.59. The predicted molar refractivity (Wildman–Crippen MR) is 70.4 cm³/mol. The first-order chi connectivity index (χ1) is 8.25. The number of nitrogens with zero attached hydrogens (tertiary/aromatic N) is 2. The van der Waals surface area contributed by atoms with Crippen LogP contribution in [0.15, 0.2) is 5.38 Å². The third-order valence-electron chi connectivity index (χ3n) is 2.94. The molecule has 0 atom stereocenters. The average Bonchev–Trinajstić information content (AvgIpc) is 2.76. The van der Waals surface area contributed by atoms with Crippen LogP contribution in [0.4, 0.5) is 5.13 Å². The van der Waals surface area contributed by atoms with Crippen LogP contribution >= 0.6 is 11.3 Å². The highest BCUT2D eigenvalue weighted by Crippen LogP contribution is 2.14. The Bertz CT molecular complexity index is 372. The molecule has 1 saturated heterocycles. The number of aryl methyl sites for hydroxylation is 1. The molecule has 0 spiro atoms. The van der Waals surface area contributed by atoms with Gasteiger partial charge in [-0.1, -0.05) is 0 Å². The molecule has 0 saturated carbocycles. The molecule has 1 amide bonds. The quantitative estimate of drug-likeness (QED) is 0.895. The molecule has 0 radical (unpaired) electrons. The summed E-state index contributed by atoms with van der Waals surface area (Å²) in [5, 5.41) is 6.12. The molecule has 0 aliphatic carbocycles. The van der Waals surface area contributed by atoms with Gasteiger partial charge in [-0.25, -0.2) is 4.98 Å². The highest BCUT2D eigenvalue weighted by molar-refractivity contribution is 7.13. The fraction of sp³-hybridized carbons (Fsp3) is 0.667. The van der Waals surface area contributed by atoms with Crippen molar-refractivity contribution in [2.24, 2.45) is 0 Å². The Labute approximate surface area is 106 Å². The molecule has 94 valence electrons. The molecule has 1 aromatic heterocycles. The van der Waals surface area contributed by atoms with E-state index in [1.165, 1.54) is 6.42 Å². The van der Waals surface area contributed by atoms with E-state index in [9.17, 15) is 4.79 Å². The number of rotatable bonds is 4. The van der Waals surface area contributed by atoms with Crippen molar-refractivity contribution < 1.29 is 4.79 Å². The smallest absolute Gasteiger partial charge is 0.224 e. The van der Waals surface area contributed by atoms with Crippen LogP contribution in [0.5, 0.6) is 0 Å². The number of hydrogen-bond donors (Lipinski definition) is 1. The van der Waals surface area contributed by atoms with Crippen molar-refractivity contribution in [1.82, 2.24) is 9.88 Å². The van der Waals surface area contributed by atoms with Gasteiger partial charge in [0, 0.05) is 31.4 Å². The number of aromatic nitrogens is 1. The van der Waals surface area contributed by atoms with Crippen molar-refractivity contribution in [3.63, 3.8) is 0 Å². The summed E-state index contributed by atoms with van der Waals surface area (Å²) in [6.07, 6.45) is 4.15. The summed E-state index contributed by atoms with van der Waals surface area (Å²) in [5.41, 5.74) is 1.03. The molecule has 1 aliphatic heterocycles. The molecule has 5 heteroatoms. The molecule has 0 aromatic carbocycles. The van der Waals surface area contributed by atoms with E-state index in [0.29, 0.717) is 13.0 Å². The standard InChI is InChI=1S/C12H19N3OS/c1-10-9-17-12(14-10)13-6-5-11(16)15-7-3-2-4-8-15/h9H,2-8H2,1H3,(H,13,14). The van der Waals surface area contributed by atoms with Crippen molar-refractivity contribution >= 4 is 22.4 Å². The summed E-state index contributed by atoms with van der Waals surface area (Å²) in [5.74, 6) is 0.269. The molecule has 1 aromatic rings. The molecule has 1 fully saturated rings. The molecule has 1 aliphatic rings. The van der Waals surface area contributed by atoms with E-state index in [0.717, 1.165) is 36.8 Å². The number of hydrogen-bond acceptors (Lipinski definition) is 4. The number of nitrogens with one attached hydrogen (secondary N) is 1. The lowest BCUT2D eigenvalue weighted by Gasteiger charge is -2.26. The van der Waals surface area contributed by atoms with E-state index in [4.69, 9.17) is 0 Å². The van der Waals surface area contributed by atoms with Crippen molar-refractivity contribution in [3.8, 4) is 0 Å². The second kappa shape index (κ2) is 6.00. The minimum Gasteiger partial charge on any atom is -0.361 e. The first kappa shape index (κ1) is 12.4. The van der Waals surface area contributed by atoms with Crippen LogP contribution in [0.2, 0.25) is 0 Å². The van der Waals surface area contributed by atoms with Crippen LogP contribution in [0, 0.1) is 6.92 Å². The summed E-state index contributed by atoms with van der Waals surface area (Å²) in [7, 11) is 0. The number of likely N-dealkylation sites (tertiary alicyclic amines) is 1. The Hall–Kier alpha value is -1.10. The van der Waals surface area contributed by atoms with Gasteiger partial charge in [0.25, 0.3) is 0 Å². The van der Waals surface area contributed by atoms with Crippen LogP contribution < -0.4 is 5.32 Å². The maximum absolute atomic E-state index is 11.9. The zero-order valence-electron chi connectivity index (χ0n) is 10.2. The maximum atomic E-state index is 11.9. The number of amides is 1. The first-order valence-corrected chi connectivity index (χ1v) is 7.07. The zero-order chi connectivity index (χ0) is 12.1. The van der Waals surface area contributed by atoms with E-state index in [1.807, 2.05) is 17.2 Å². The highest BCUT2D eigenvalue weighted by Gasteiger charge is 2.15. The van der Waals surface area contributed by atoms with Crippen LogP contribution in [0.3, 0.4) is 0 Å². The Morgan fingerprint density at radius 2 is 2.24 bits per heavy atom. The minimum absolute atomic E-state index is 0.269. The predicted octanol–water partition coefficient (Wildman–Crippen LogP) is 2.27. The lowest BCUT2D eigenvalue weighted by atomic mass is 10.1. The monoisotopic (exact) mass is 253 g/mol. The van der Waals surface area contributed by atoms with Gasteiger partial charge in [0.15, 0.2) is 5.13 Å². The Morgan fingerprint density at radius 3 is 2.88 bits per heavy atom. The van der Waals surface area contributed by atoms with E-state index in [2.05, 4.69) is 10.3 Å². The van der Waals surface area contributed by atoms with Gasteiger partial charge in [-0.2, -0.15) is 0 Å². The molecular formula is C12H19N3OS. The molecule has 0 bridgehead atoms. The van der Waals surface area contributed by atoms with E-state index in [-0.39, 0.29) is 5.91 Å². The Kier molecular flexibility index (Phi) is 4.36. The van der Waals surface area contributed by atoms with Gasteiger partial charge in [0.05, 0.1) is 5.69 Å². The Balaban J connectivity index is 1.69. The highest BCUT2D eigenvalue weighted by atomic mass is 32.1. The fourth-order valence-corrected chi connectivity index (χ4v) is 2.73. The molecule has 17 heavy (non-hydrogen) atoms. The molecule has 4 nitrogen and oxygen atoms in total. The molecule has 2 rings (SSSR count). The van der Waals surface area contributed by atoms with Gasteiger partial charge < -0.3 is 10.2 Å². The van der Waals surface area contributed by atoms with Crippen LogP contribution in [0.25, 0.3) is 0 Å². The topological polar surface area (TPSA) is 45.2 Å². The third kappa shape index (κ3) is 3.70. The summed E-state index contributed by atoms with van der Waals surface area (Å²) in [4.78, 5) is 18.1. The van der Waals surface area contributed by atoms with Crippen molar-refractivity contribution in [2.75, 3.05) is 25.0 Å². The van der Waals surface area contributed by atoms with Crippen LogP contribution in [-0.4, -0.2) is 35.4 Å². The van der Waals surface area contributed by atoms with Gasteiger partial charge in [-0.05, 0) is 26.2 Å². The average molecular weight is 253 g/mol. The second-order valence-corrected chi connectivity index (χ2v) is 5.27. The number of carbonyl (C=O) groups excluding carboxylic acids is 1. The van der Waals surface area contributed by atoms with E-state index >= 15 is 0 Å². The number of thiazole rings is 1. The van der Waals surface area contributed by atoms with Crippen LogP contribution in [-0.2, 0) is 4.79 Å². The first-order valence-electron chi connectivity index (χ1n) is 6.19. The zero-order valence-corrected chi connectivity index (χ0v) is 11.1. The Morgan fingerprint density at radius 1 is 1.47 bits per heavy atom. The van der Waals surface area contributed by atoms with E-state index in [1.54, 1.807) is 11.3 Å². The fourth-order valence-electron chi connectivity index (χ4n) is 2.01. The molecular weight excluding hydrogens is 234 g/mol. The normalized spacial score (nSPS) is 15.9. The van der Waals surface area contributed by atoms with Gasteiger partial charge >= 0.3 is 0 Å². The van der Waals surface area contributed by atoms with Crippen LogP contribution in [0.1, 0.15) is 31.4 Å². The number of anilines is 1. The second-order valence-electron chi connectivity index (χ2n) is 4.41. The summed E-state index contributed by atoms with van der Waals surface area (Å²) in [6.45, 7) is 4.53. The number of piperidine rings is 1. The molecule has 2 heterocycles. The summed E-state index contributed by atoms with van der Waals surface area (Å²) in [6, 6.07) is 0. The maximum Gasteiger partial charge on any atom is 0.224 e. The van der Waals surface area contributed by atoms with Gasteiger partial charge in [-0.15, -0.1) is 11.3 Å². The largest absolute Gasteiger partial charge is 0.361 e. The lowest BCUT2D eigenvalue weighted by molar-refractivity contribution is -0.131. The summed E-state index contributed by atoms with van der Waals surface area (Å²) < 4.78 is 0. The van der Waals surface area contributed by atoms with Gasteiger partial charge in [-0.3, -0.25) is 4.79 Å². The van der Waals surface area contributed by atoms with Crippen molar-refractivity contribution in [3.05, 3.63) is 11.1 Å². The van der Waals surface area contributed by atoms with Gasteiger partial charge in [0.2, 0.25) is 5.91 Å². The van der Waals surface area contributed by atoms with Gasteiger partial charge in [0.1, 0.15) is 0 Å². The van der Waals surface area contributed by atoms with Crippen molar-refractivity contribution in [2.45, 2.75) is 32.6 Å².